The van der Waals surface area contributed by atoms with Gasteiger partial charge in [0.25, 0.3) is 0 Å². The van der Waals surface area contributed by atoms with Crippen LogP contribution in [0.25, 0.3) is 0 Å². The van der Waals surface area contributed by atoms with Gasteiger partial charge in [0.1, 0.15) is 5.01 Å². The van der Waals surface area contributed by atoms with E-state index >= 15 is 0 Å². The van der Waals surface area contributed by atoms with E-state index in [1.807, 2.05) is 0 Å². The van der Waals surface area contributed by atoms with Crippen molar-refractivity contribution in [1.82, 2.24) is 15.2 Å². The van der Waals surface area contributed by atoms with Crippen LogP contribution in [0.4, 0.5) is 0 Å². The third-order valence-electron chi connectivity index (χ3n) is 3.62. The molecule has 1 N–H and O–H groups in total. The van der Waals surface area contributed by atoms with Crippen LogP contribution >= 0.6 is 11.3 Å². The predicted molar refractivity (Wildman–Crippen MR) is 79.6 cm³/mol. The van der Waals surface area contributed by atoms with Crippen molar-refractivity contribution in [2.24, 2.45) is 0 Å². The highest BCUT2D eigenvalue weighted by atomic mass is 32.1. The molecule has 1 saturated heterocycles. The molecule has 0 spiro atoms. The lowest BCUT2D eigenvalue weighted by atomic mass is 10.0. The first-order valence-electron chi connectivity index (χ1n) is 7.14. The summed E-state index contributed by atoms with van der Waals surface area (Å²) in [7, 11) is 1.75. The second-order valence-corrected chi connectivity index (χ2v) is 6.14. The van der Waals surface area contributed by atoms with Gasteiger partial charge in [0.15, 0.2) is 0 Å². The van der Waals surface area contributed by atoms with Crippen LogP contribution in [0, 0.1) is 6.92 Å². The van der Waals surface area contributed by atoms with Crippen molar-refractivity contribution < 1.29 is 4.74 Å². The summed E-state index contributed by atoms with van der Waals surface area (Å²) in [5.41, 5.74) is 1.15. The van der Waals surface area contributed by atoms with Gasteiger partial charge >= 0.3 is 0 Å². The Labute approximate surface area is 120 Å². The zero-order valence-electron chi connectivity index (χ0n) is 12.0. The summed E-state index contributed by atoms with van der Waals surface area (Å²) in [6.45, 7) is 7.08. The smallest absolute Gasteiger partial charge is 0.107 e. The zero-order valence-corrected chi connectivity index (χ0v) is 12.8. The molecule has 0 saturated carbocycles. The Balaban J connectivity index is 1.81. The van der Waals surface area contributed by atoms with Crippen molar-refractivity contribution in [1.29, 1.82) is 0 Å². The number of hydrogen-bond acceptors (Lipinski definition) is 5. The first-order chi connectivity index (χ1) is 9.29. The van der Waals surface area contributed by atoms with E-state index in [-0.39, 0.29) is 0 Å². The number of nitrogens with zero attached hydrogens (tertiary/aromatic N) is 2. The summed E-state index contributed by atoms with van der Waals surface area (Å²) < 4.78 is 5.07. The minimum Gasteiger partial charge on any atom is -0.383 e. The Morgan fingerprint density at radius 2 is 2.42 bits per heavy atom. The van der Waals surface area contributed by atoms with Crippen molar-refractivity contribution in [3.8, 4) is 0 Å². The molecule has 0 radical (unpaired) electrons. The number of ether oxygens (including phenoxy) is 1. The average Bonchev–Trinajstić information content (AvgIpc) is 2.82. The first-order valence-corrected chi connectivity index (χ1v) is 8.02. The van der Waals surface area contributed by atoms with Crippen molar-refractivity contribution in [2.45, 2.75) is 38.8 Å². The summed E-state index contributed by atoms with van der Waals surface area (Å²) in [5, 5.41) is 6.89. The highest BCUT2D eigenvalue weighted by Crippen LogP contribution is 2.20. The lowest BCUT2D eigenvalue weighted by Gasteiger charge is -2.35. The van der Waals surface area contributed by atoms with Gasteiger partial charge in [0.2, 0.25) is 0 Å². The maximum absolute atomic E-state index is 5.07. The second-order valence-electron chi connectivity index (χ2n) is 5.20. The average molecular weight is 283 g/mol. The summed E-state index contributed by atoms with van der Waals surface area (Å²) in [4.78, 5) is 7.17. The molecule has 1 aromatic heterocycles. The molecule has 1 atom stereocenters. The molecule has 1 aromatic rings. The van der Waals surface area contributed by atoms with Crippen LogP contribution in [0.5, 0.6) is 0 Å². The van der Waals surface area contributed by atoms with Gasteiger partial charge in [-0.15, -0.1) is 11.3 Å². The molecule has 1 aliphatic rings. The quantitative estimate of drug-likeness (QED) is 0.777. The summed E-state index contributed by atoms with van der Waals surface area (Å²) in [6, 6.07) is 0.648. The number of rotatable bonds is 7. The van der Waals surface area contributed by atoms with E-state index in [2.05, 4.69) is 27.5 Å². The predicted octanol–water partition coefficient (Wildman–Crippen LogP) is 2.04. The summed E-state index contributed by atoms with van der Waals surface area (Å²) >= 11 is 1.78. The van der Waals surface area contributed by atoms with Gasteiger partial charge in [-0.3, -0.25) is 4.90 Å². The highest BCUT2D eigenvalue weighted by Gasteiger charge is 2.22. The molecule has 0 aromatic carbocycles. The molecular weight excluding hydrogens is 258 g/mol. The number of methoxy groups -OCH3 is 1. The van der Waals surface area contributed by atoms with Crippen LogP contribution in [-0.2, 0) is 11.3 Å². The van der Waals surface area contributed by atoms with Crippen LogP contribution in [0.1, 0.15) is 30.0 Å². The minimum atomic E-state index is 0.648. The maximum atomic E-state index is 5.07. The molecule has 4 nitrogen and oxygen atoms in total. The number of hydrogen-bond donors (Lipinski definition) is 1. The van der Waals surface area contributed by atoms with Crippen molar-refractivity contribution in [2.75, 3.05) is 33.4 Å². The standard InChI is InChI=1S/C14H25N3OS/c1-12-11-19-14(16-12)10-17-7-4-3-5-13(17)9-15-6-8-18-2/h11,13,15H,3-10H2,1-2H3. The number of nitrogens with one attached hydrogen (secondary N) is 1. The topological polar surface area (TPSA) is 37.4 Å². The number of thiazole rings is 1. The normalized spacial score (nSPS) is 20.8. The molecule has 5 heteroatoms. The Morgan fingerprint density at radius 1 is 1.53 bits per heavy atom. The molecule has 0 bridgehead atoms. The Morgan fingerprint density at radius 3 is 3.16 bits per heavy atom. The fraction of sp³-hybridized carbons (Fsp3) is 0.786. The molecule has 19 heavy (non-hydrogen) atoms. The Hall–Kier alpha value is -0.490. The summed E-state index contributed by atoms with van der Waals surface area (Å²) in [6.07, 6.45) is 3.97. The Bertz CT molecular complexity index is 369. The largest absolute Gasteiger partial charge is 0.383 e. The van der Waals surface area contributed by atoms with Crippen molar-refractivity contribution in [3.63, 3.8) is 0 Å². The van der Waals surface area contributed by atoms with E-state index in [9.17, 15) is 0 Å². The van der Waals surface area contributed by atoms with E-state index < -0.39 is 0 Å². The van der Waals surface area contributed by atoms with Crippen molar-refractivity contribution >= 4 is 11.3 Å². The lowest BCUT2D eigenvalue weighted by Crippen LogP contribution is -2.45. The molecule has 2 heterocycles. The van der Waals surface area contributed by atoms with Crippen molar-refractivity contribution in [3.05, 3.63) is 16.1 Å². The molecule has 0 aliphatic carbocycles. The van der Waals surface area contributed by atoms with E-state index in [0.29, 0.717) is 6.04 Å². The number of aromatic nitrogens is 1. The SMILES string of the molecule is COCCNCC1CCCCN1Cc1nc(C)cs1. The van der Waals surface area contributed by atoms with Gasteiger partial charge in [-0.25, -0.2) is 4.98 Å². The van der Waals surface area contributed by atoms with Gasteiger partial charge < -0.3 is 10.1 Å². The molecule has 108 valence electrons. The molecule has 0 amide bonds. The van der Waals surface area contributed by atoms with E-state index in [4.69, 9.17) is 4.74 Å². The van der Waals surface area contributed by atoms with Gasteiger partial charge in [0, 0.05) is 37.3 Å². The van der Waals surface area contributed by atoms with Crippen LogP contribution in [0.15, 0.2) is 5.38 Å². The van der Waals surface area contributed by atoms with Crippen LogP contribution in [0.2, 0.25) is 0 Å². The molecule has 1 aliphatic heterocycles. The third-order valence-corrected chi connectivity index (χ3v) is 4.57. The number of aryl methyl sites for hydroxylation is 1. The maximum Gasteiger partial charge on any atom is 0.107 e. The second kappa shape index (κ2) is 7.94. The van der Waals surface area contributed by atoms with E-state index in [1.165, 1.54) is 30.8 Å². The van der Waals surface area contributed by atoms with Gasteiger partial charge in [0.05, 0.1) is 13.2 Å². The fourth-order valence-corrected chi connectivity index (χ4v) is 3.39. The van der Waals surface area contributed by atoms with Crippen LogP contribution in [-0.4, -0.2) is 49.3 Å². The summed E-state index contributed by atoms with van der Waals surface area (Å²) in [5.74, 6) is 0. The first kappa shape index (κ1) is 14.9. The van der Waals surface area contributed by atoms with Gasteiger partial charge in [-0.2, -0.15) is 0 Å². The lowest BCUT2D eigenvalue weighted by molar-refractivity contribution is 0.133. The van der Waals surface area contributed by atoms with Gasteiger partial charge in [-0.1, -0.05) is 6.42 Å². The van der Waals surface area contributed by atoms with Crippen LogP contribution in [0.3, 0.4) is 0 Å². The van der Waals surface area contributed by atoms with Gasteiger partial charge in [-0.05, 0) is 26.3 Å². The monoisotopic (exact) mass is 283 g/mol. The molecular formula is C14H25N3OS. The molecule has 1 fully saturated rings. The number of likely N-dealkylation sites (tertiary alicyclic amines) is 1. The van der Waals surface area contributed by atoms with Crippen LogP contribution < -0.4 is 5.32 Å². The Kier molecular flexibility index (Phi) is 6.23. The van der Waals surface area contributed by atoms with E-state index in [0.717, 1.165) is 31.9 Å². The third kappa shape index (κ3) is 4.84. The molecule has 2 rings (SSSR count). The minimum absolute atomic E-state index is 0.648. The molecule has 1 unspecified atom stereocenters. The zero-order chi connectivity index (χ0) is 13.5. The van der Waals surface area contributed by atoms with E-state index in [1.54, 1.807) is 18.4 Å². The number of piperidine rings is 1. The highest BCUT2D eigenvalue weighted by molar-refractivity contribution is 7.09. The fourth-order valence-electron chi connectivity index (χ4n) is 2.59.